The fraction of sp³-hybridized carbons (Fsp3) is 0.333. The van der Waals surface area contributed by atoms with Gasteiger partial charge < -0.3 is 24.8 Å². The molecule has 0 radical (unpaired) electrons. The Morgan fingerprint density at radius 2 is 1.61 bits per heavy atom. The van der Waals surface area contributed by atoms with Crippen LogP contribution in [0.5, 0.6) is 17.2 Å². The molecule has 148 valence electrons. The number of ether oxygens (including phenoxy) is 3. The number of nitrogens with one attached hydrogen (secondary N) is 2. The second-order valence-corrected chi connectivity index (χ2v) is 6.49. The number of para-hydroxylation sites is 2. The largest absolute Gasteiger partial charge is 0.497 e. The second kappa shape index (κ2) is 8.21. The van der Waals surface area contributed by atoms with Crippen molar-refractivity contribution in [3.63, 3.8) is 0 Å². The van der Waals surface area contributed by atoms with Gasteiger partial charge in [-0.25, -0.2) is 0 Å². The van der Waals surface area contributed by atoms with Gasteiger partial charge in [0, 0.05) is 6.07 Å². The minimum absolute atomic E-state index is 0.348. The van der Waals surface area contributed by atoms with Crippen molar-refractivity contribution in [2.24, 2.45) is 5.41 Å². The standard InChI is InChI=1S/C21H24N2O5/c1-4-28-18-8-6-5-7-15(18)22-19(24)21(11-12-21)20(25)23-16-13-14(26-2)9-10-17(16)27-3/h5-10,13H,4,11-12H2,1-3H3,(H,22,24)(H,23,25). The molecule has 0 saturated heterocycles. The lowest BCUT2D eigenvalue weighted by molar-refractivity contribution is -0.131. The van der Waals surface area contributed by atoms with E-state index in [0.29, 0.717) is 48.1 Å². The Morgan fingerprint density at radius 3 is 2.21 bits per heavy atom. The van der Waals surface area contributed by atoms with Crippen LogP contribution in [0.15, 0.2) is 42.5 Å². The fourth-order valence-electron chi connectivity index (χ4n) is 2.93. The van der Waals surface area contributed by atoms with E-state index in [2.05, 4.69) is 10.6 Å². The van der Waals surface area contributed by atoms with Crippen LogP contribution in [0, 0.1) is 5.41 Å². The van der Waals surface area contributed by atoms with Crippen molar-refractivity contribution < 1.29 is 23.8 Å². The lowest BCUT2D eigenvalue weighted by atomic mass is 10.0. The van der Waals surface area contributed by atoms with Crippen LogP contribution in [-0.4, -0.2) is 32.6 Å². The van der Waals surface area contributed by atoms with Gasteiger partial charge in [-0.1, -0.05) is 12.1 Å². The van der Waals surface area contributed by atoms with Gasteiger partial charge >= 0.3 is 0 Å². The number of methoxy groups -OCH3 is 2. The van der Waals surface area contributed by atoms with Gasteiger partial charge in [0.2, 0.25) is 11.8 Å². The van der Waals surface area contributed by atoms with Crippen LogP contribution in [0.2, 0.25) is 0 Å². The Bertz CT molecular complexity index is 877. The zero-order valence-electron chi connectivity index (χ0n) is 16.2. The summed E-state index contributed by atoms with van der Waals surface area (Å²) in [5.41, 5.74) is -0.0963. The second-order valence-electron chi connectivity index (χ2n) is 6.49. The smallest absolute Gasteiger partial charge is 0.240 e. The zero-order chi connectivity index (χ0) is 20.1. The van der Waals surface area contributed by atoms with Crippen molar-refractivity contribution in [1.29, 1.82) is 0 Å². The number of carbonyl (C=O) groups excluding carboxylic acids is 2. The van der Waals surface area contributed by atoms with Gasteiger partial charge in [-0.2, -0.15) is 0 Å². The van der Waals surface area contributed by atoms with E-state index < -0.39 is 5.41 Å². The molecule has 1 fully saturated rings. The summed E-state index contributed by atoms with van der Waals surface area (Å²) in [7, 11) is 3.06. The third kappa shape index (κ3) is 3.88. The summed E-state index contributed by atoms with van der Waals surface area (Å²) in [6.07, 6.45) is 0.960. The summed E-state index contributed by atoms with van der Waals surface area (Å²) in [4.78, 5) is 25.8. The number of hydrogen-bond donors (Lipinski definition) is 2. The summed E-state index contributed by atoms with van der Waals surface area (Å²) in [5.74, 6) is 0.927. The molecule has 2 aromatic rings. The molecule has 0 atom stereocenters. The van der Waals surface area contributed by atoms with Crippen molar-refractivity contribution in [3.05, 3.63) is 42.5 Å². The predicted octanol–water partition coefficient (Wildman–Crippen LogP) is 3.46. The minimum Gasteiger partial charge on any atom is -0.497 e. The van der Waals surface area contributed by atoms with Crippen molar-refractivity contribution in [2.45, 2.75) is 19.8 Å². The van der Waals surface area contributed by atoms with E-state index in [9.17, 15) is 9.59 Å². The van der Waals surface area contributed by atoms with E-state index in [1.54, 1.807) is 43.5 Å². The van der Waals surface area contributed by atoms with E-state index in [4.69, 9.17) is 14.2 Å². The normalized spacial score (nSPS) is 14.0. The summed E-state index contributed by atoms with van der Waals surface area (Å²) in [5, 5.41) is 5.64. The maximum Gasteiger partial charge on any atom is 0.240 e. The van der Waals surface area contributed by atoms with Gasteiger partial charge in [-0.15, -0.1) is 0 Å². The van der Waals surface area contributed by atoms with Gasteiger partial charge in [0.1, 0.15) is 22.7 Å². The molecule has 1 aliphatic rings. The van der Waals surface area contributed by atoms with Crippen LogP contribution < -0.4 is 24.8 Å². The highest BCUT2D eigenvalue weighted by molar-refractivity contribution is 6.17. The van der Waals surface area contributed by atoms with Crippen molar-refractivity contribution in [3.8, 4) is 17.2 Å². The lowest BCUT2D eigenvalue weighted by Crippen LogP contribution is -2.35. The monoisotopic (exact) mass is 384 g/mol. The van der Waals surface area contributed by atoms with Crippen LogP contribution in [0.1, 0.15) is 19.8 Å². The highest BCUT2D eigenvalue weighted by Gasteiger charge is 2.56. The van der Waals surface area contributed by atoms with Crippen LogP contribution in [0.25, 0.3) is 0 Å². The Hall–Kier alpha value is -3.22. The van der Waals surface area contributed by atoms with Crippen LogP contribution >= 0.6 is 0 Å². The van der Waals surface area contributed by atoms with E-state index in [0.717, 1.165) is 0 Å². The molecule has 0 bridgehead atoms. The lowest BCUT2D eigenvalue weighted by Gasteiger charge is -2.18. The molecule has 1 aliphatic carbocycles. The highest BCUT2D eigenvalue weighted by Crippen LogP contribution is 2.48. The Kier molecular flexibility index (Phi) is 5.73. The first-order valence-corrected chi connectivity index (χ1v) is 9.11. The third-order valence-electron chi connectivity index (χ3n) is 4.71. The number of rotatable bonds is 8. The molecular weight excluding hydrogens is 360 g/mol. The van der Waals surface area contributed by atoms with E-state index in [1.807, 2.05) is 13.0 Å². The van der Waals surface area contributed by atoms with E-state index >= 15 is 0 Å². The molecule has 0 heterocycles. The summed E-state index contributed by atoms with van der Waals surface area (Å²) in [6.45, 7) is 2.35. The highest BCUT2D eigenvalue weighted by atomic mass is 16.5. The maximum absolute atomic E-state index is 12.9. The molecule has 1 saturated carbocycles. The van der Waals surface area contributed by atoms with Gasteiger partial charge in [0.15, 0.2) is 0 Å². The first-order valence-electron chi connectivity index (χ1n) is 9.11. The van der Waals surface area contributed by atoms with Gasteiger partial charge in [-0.05, 0) is 44.0 Å². The maximum atomic E-state index is 12.9. The Labute approximate surface area is 164 Å². The molecule has 7 heteroatoms. The summed E-state index contributed by atoms with van der Waals surface area (Å²) >= 11 is 0. The third-order valence-corrected chi connectivity index (χ3v) is 4.71. The Balaban J connectivity index is 1.76. The summed E-state index contributed by atoms with van der Waals surface area (Å²) in [6, 6.07) is 12.3. The molecule has 0 aromatic heterocycles. The van der Waals surface area contributed by atoms with Crippen LogP contribution in [0.3, 0.4) is 0 Å². The van der Waals surface area contributed by atoms with Crippen LogP contribution in [-0.2, 0) is 9.59 Å². The molecule has 3 rings (SSSR count). The number of amides is 2. The van der Waals surface area contributed by atoms with Gasteiger partial charge in [0.25, 0.3) is 0 Å². The fourth-order valence-corrected chi connectivity index (χ4v) is 2.93. The zero-order valence-corrected chi connectivity index (χ0v) is 16.2. The number of carbonyl (C=O) groups is 2. The van der Waals surface area contributed by atoms with Crippen molar-refractivity contribution >= 4 is 23.2 Å². The van der Waals surface area contributed by atoms with Gasteiger partial charge in [-0.3, -0.25) is 9.59 Å². The van der Waals surface area contributed by atoms with Gasteiger partial charge in [0.05, 0.1) is 32.2 Å². The van der Waals surface area contributed by atoms with Crippen molar-refractivity contribution in [1.82, 2.24) is 0 Å². The molecule has 0 aliphatic heterocycles. The number of benzene rings is 2. The van der Waals surface area contributed by atoms with E-state index in [-0.39, 0.29) is 11.8 Å². The molecule has 2 amide bonds. The topological polar surface area (TPSA) is 85.9 Å². The first kappa shape index (κ1) is 19.5. The minimum atomic E-state index is -1.10. The number of hydrogen-bond acceptors (Lipinski definition) is 5. The average Bonchev–Trinajstić information content (AvgIpc) is 3.52. The molecule has 0 unspecified atom stereocenters. The number of anilines is 2. The SMILES string of the molecule is CCOc1ccccc1NC(=O)C1(C(=O)Nc2cc(OC)ccc2OC)CC1. The molecular formula is C21H24N2O5. The summed E-state index contributed by atoms with van der Waals surface area (Å²) < 4.78 is 16.0. The molecule has 2 N–H and O–H groups in total. The van der Waals surface area contributed by atoms with E-state index in [1.165, 1.54) is 7.11 Å². The molecule has 0 spiro atoms. The van der Waals surface area contributed by atoms with Crippen molar-refractivity contribution in [2.75, 3.05) is 31.5 Å². The Morgan fingerprint density at radius 1 is 0.929 bits per heavy atom. The first-order chi connectivity index (χ1) is 13.5. The van der Waals surface area contributed by atoms with Crippen LogP contribution in [0.4, 0.5) is 11.4 Å². The molecule has 28 heavy (non-hydrogen) atoms. The quantitative estimate of drug-likeness (QED) is 0.681. The predicted molar refractivity (Wildman–Crippen MR) is 106 cm³/mol. The average molecular weight is 384 g/mol. The molecule has 2 aromatic carbocycles. The molecule has 7 nitrogen and oxygen atoms in total.